The smallest absolute Gasteiger partial charge is 0.128 e. The Morgan fingerprint density at radius 3 is 2.86 bits per heavy atom. The maximum absolute atomic E-state index is 10.9. The number of hydrogen-bond acceptors (Lipinski definition) is 3. The number of aromatic amines is 1. The second kappa shape index (κ2) is 5.46. The lowest BCUT2D eigenvalue weighted by Gasteiger charge is -2.18. The molecular formula is C18H19N3O. The van der Waals surface area contributed by atoms with Gasteiger partial charge in [0.15, 0.2) is 0 Å². The number of pyridine rings is 1. The van der Waals surface area contributed by atoms with Crippen molar-refractivity contribution in [3.8, 4) is 16.9 Å². The van der Waals surface area contributed by atoms with Crippen LogP contribution in [-0.2, 0) is 6.54 Å². The van der Waals surface area contributed by atoms with Crippen LogP contribution in [-0.4, -0.2) is 33.1 Å². The quantitative estimate of drug-likeness (QED) is 0.776. The van der Waals surface area contributed by atoms with Gasteiger partial charge < -0.3 is 10.1 Å². The molecule has 0 saturated carbocycles. The van der Waals surface area contributed by atoms with Crippen molar-refractivity contribution in [3.05, 3.63) is 48.4 Å². The van der Waals surface area contributed by atoms with Crippen LogP contribution in [0.4, 0.5) is 0 Å². The lowest BCUT2D eigenvalue weighted by Crippen LogP contribution is -2.18. The number of rotatable bonds is 3. The van der Waals surface area contributed by atoms with E-state index in [1.807, 2.05) is 30.5 Å². The topological polar surface area (TPSA) is 52.2 Å². The predicted octanol–water partition coefficient (Wildman–Crippen LogP) is 3.53. The molecule has 4 rings (SSSR count). The molecule has 3 heterocycles. The average Bonchev–Trinajstić information content (AvgIpc) is 3.22. The summed E-state index contributed by atoms with van der Waals surface area (Å²) < 4.78 is 0. The highest BCUT2D eigenvalue weighted by molar-refractivity contribution is 5.92. The molecule has 0 unspecified atom stereocenters. The third-order valence-electron chi connectivity index (χ3n) is 4.49. The Hall–Kier alpha value is -2.33. The van der Waals surface area contributed by atoms with E-state index >= 15 is 0 Å². The van der Waals surface area contributed by atoms with Crippen LogP contribution in [0.1, 0.15) is 18.4 Å². The molecule has 2 N–H and O–H groups in total. The van der Waals surface area contributed by atoms with Gasteiger partial charge in [0.2, 0.25) is 0 Å². The fourth-order valence-electron chi connectivity index (χ4n) is 3.33. The minimum Gasteiger partial charge on any atom is -0.507 e. The molecule has 4 nitrogen and oxygen atoms in total. The molecule has 1 aliphatic heterocycles. The van der Waals surface area contributed by atoms with Crippen molar-refractivity contribution in [3.63, 3.8) is 0 Å². The predicted molar refractivity (Wildman–Crippen MR) is 87.7 cm³/mol. The van der Waals surface area contributed by atoms with Crippen molar-refractivity contribution in [2.45, 2.75) is 19.4 Å². The van der Waals surface area contributed by atoms with Crippen LogP contribution in [0.2, 0.25) is 0 Å². The summed E-state index contributed by atoms with van der Waals surface area (Å²) in [5.41, 5.74) is 3.86. The third kappa shape index (κ3) is 2.25. The molecule has 1 fully saturated rings. The van der Waals surface area contributed by atoms with E-state index in [4.69, 9.17) is 0 Å². The Morgan fingerprint density at radius 1 is 1.23 bits per heavy atom. The van der Waals surface area contributed by atoms with E-state index in [0.29, 0.717) is 5.75 Å². The van der Waals surface area contributed by atoms with E-state index in [1.54, 1.807) is 12.4 Å². The average molecular weight is 293 g/mol. The summed E-state index contributed by atoms with van der Waals surface area (Å²) in [7, 11) is 0. The molecule has 0 bridgehead atoms. The number of benzene rings is 1. The second-order valence-electron chi connectivity index (χ2n) is 5.92. The van der Waals surface area contributed by atoms with E-state index in [-0.39, 0.29) is 0 Å². The second-order valence-corrected chi connectivity index (χ2v) is 5.92. The molecule has 0 aliphatic carbocycles. The molecule has 1 aliphatic rings. The first kappa shape index (κ1) is 13.3. The van der Waals surface area contributed by atoms with Gasteiger partial charge in [0.25, 0.3) is 0 Å². The number of H-pyrrole nitrogens is 1. The fourth-order valence-corrected chi connectivity index (χ4v) is 3.33. The number of likely N-dealkylation sites (tertiary alicyclic amines) is 1. The van der Waals surface area contributed by atoms with Crippen LogP contribution in [0.15, 0.2) is 42.9 Å². The summed E-state index contributed by atoms with van der Waals surface area (Å²) in [5.74, 6) is 0.381. The standard InChI is InChI=1S/C18H19N3O/c22-18-15(13-4-3-6-19-11-13)10-17-14(5-7-20-17)16(18)12-21-8-1-2-9-21/h3-7,10-11,20,22H,1-2,8-9,12H2. The third-order valence-corrected chi connectivity index (χ3v) is 4.49. The summed E-state index contributed by atoms with van der Waals surface area (Å²) in [6, 6.07) is 7.94. The first-order chi connectivity index (χ1) is 10.8. The number of phenols is 1. The van der Waals surface area contributed by atoms with Crippen molar-refractivity contribution in [1.29, 1.82) is 0 Å². The number of hydrogen-bond donors (Lipinski definition) is 2. The molecule has 3 aromatic rings. The Bertz CT molecular complexity index is 789. The van der Waals surface area contributed by atoms with Crippen LogP contribution in [0.3, 0.4) is 0 Å². The largest absolute Gasteiger partial charge is 0.507 e. The zero-order valence-electron chi connectivity index (χ0n) is 12.4. The normalized spacial score (nSPS) is 15.6. The highest BCUT2D eigenvalue weighted by Crippen LogP contribution is 2.38. The van der Waals surface area contributed by atoms with Gasteiger partial charge in [-0.3, -0.25) is 9.88 Å². The number of aromatic nitrogens is 2. The fraction of sp³-hybridized carbons (Fsp3) is 0.278. The van der Waals surface area contributed by atoms with Gasteiger partial charge in [-0.2, -0.15) is 0 Å². The molecule has 0 amide bonds. The number of nitrogens with one attached hydrogen (secondary N) is 1. The first-order valence-corrected chi connectivity index (χ1v) is 7.77. The molecular weight excluding hydrogens is 274 g/mol. The van der Waals surface area contributed by atoms with Gasteiger partial charge in [-0.25, -0.2) is 0 Å². The monoisotopic (exact) mass is 293 g/mol. The number of nitrogens with zero attached hydrogens (tertiary/aromatic N) is 2. The molecule has 22 heavy (non-hydrogen) atoms. The first-order valence-electron chi connectivity index (χ1n) is 7.77. The zero-order valence-corrected chi connectivity index (χ0v) is 12.4. The summed E-state index contributed by atoms with van der Waals surface area (Å²) in [4.78, 5) is 9.85. The van der Waals surface area contributed by atoms with Crippen molar-refractivity contribution < 1.29 is 5.11 Å². The van der Waals surface area contributed by atoms with Crippen LogP contribution < -0.4 is 0 Å². The molecule has 0 spiro atoms. The van der Waals surface area contributed by atoms with Gasteiger partial charge >= 0.3 is 0 Å². The van der Waals surface area contributed by atoms with Crippen LogP contribution in [0, 0.1) is 0 Å². The summed E-state index contributed by atoms with van der Waals surface area (Å²) >= 11 is 0. The van der Waals surface area contributed by atoms with Gasteiger partial charge in [-0.1, -0.05) is 6.07 Å². The number of fused-ring (bicyclic) bond motifs is 1. The minimum atomic E-state index is 0.381. The Labute approximate surface area is 129 Å². The number of phenolic OH excluding ortho intramolecular Hbond substituents is 1. The Kier molecular flexibility index (Phi) is 3.31. The van der Waals surface area contributed by atoms with E-state index in [0.717, 1.165) is 47.2 Å². The van der Waals surface area contributed by atoms with E-state index in [2.05, 4.69) is 14.9 Å². The van der Waals surface area contributed by atoms with Crippen LogP contribution >= 0.6 is 0 Å². The lowest BCUT2D eigenvalue weighted by molar-refractivity contribution is 0.326. The molecule has 1 saturated heterocycles. The maximum Gasteiger partial charge on any atom is 0.128 e. The SMILES string of the molecule is Oc1c(-c2cccnc2)cc2[nH]ccc2c1CN1CCCC1. The summed E-state index contributed by atoms with van der Waals surface area (Å²) in [5, 5.41) is 12.0. The highest BCUT2D eigenvalue weighted by Gasteiger charge is 2.19. The minimum absolute atomic E-state index is 0.381. The van der Waals surface area contributed by atoms with Gasteiger partial charge in [0, 0.05) is 52.7 Å². The van der Waals surface area contributed by atoms with Gasteiger partial charge in [-0.05, 0) is 44.1 Å². The van der Waals surface area contributed by atoms with Crippen molar-refractivity contribution in [2.75, 3.05) is 13.1 Å². The van der Waals surface area contributed by atoms with E-state index < -0.39 is 0 Å². The maximum atomic E-state index is 10.9. The van der Waals surface area contributed by atoms with Gasteiger partial charge in [0.1, 0.15) is 5.75 Å². The summed E-state index contributed by atoms with van der Waals surface area (Å²) in [6.45, 7) is 3.03. The van der Waals surface area contributed by atoms with E-state index in [1.165, 1.54) is 12.8 Å². The molecule has 112 valence electrons. The van der Waals surface area contributed by atoms with Gasteiger partial charge in [0.05, 0.1) is 0 Å². The van der Waals surface area contributed by atoms with Crippen LogP contribution in [0.5, 0.6) is 5.75 Å². The van der Waals surface area contributed by atoms with Crippen molar-refractivity contribution >= 4 is 10.9 Å². The summed E-state index contributed by atoms with van der Waals surface area (Å²) in [6.07, 6.45) is 7.98. The molecule has 2 aromatic heterocycles. The van der Waals surface area contributed by atoms with Crippen LogP contribution in [0.25, 0.3) is 22.0 Å². The van der Waals surface area contributed by atoms with Gasteiger partial charge in [-0.15, -0.1) is 0 Å². The molecule has 0 radical (unpaired) electrons. The number of aromatic hydroxyl groups is 1. The highest BCUT2D eigenvalue weighted by atomic mass is 16.3. The molecule has 0 atom stereocenters. The molecule has 1 aromatic carbocycles. The van der Waals surface area contributed by atoms with Crippen molar-refractivity contribution in [2.24, 2.45) is 0 Å². The lowest BCUT2D eigenvalue weighted by atomic mass is 9.99. The Balaban J connectivity index is 1.86. The molecule has 4 heteroatoms. The van der Waals surface area contributed by atoms with Crippen molar-refractivity contribution in [1.82, 2.24) is 14.9 Å². The van der Waals surface area contributed by atoms with E-state index in [9.17, 15) is 5.11 Å². The Morgan fingerprint density at radius 2 is 2.09 bits per heavy atom. The zero-order chi connectivity index (χ0) is 14.9.